The molecule has 0 aliphatic heterocycles. The normalized spacial score (nSPS) is 10.0. The second-order valence-corrected chi connectivity index (χ2v) is 4.14. The first kappa shape index (κ1) is 15.4. The van der Waals surface area contributed by atoms with E-state index in [9.17, 15) is 24.8 Å². The number of nitrogens with two attached hydrogens (primary N) is 1. The predicted molar refractivity (Wildman–Crippen MR) is 70.1 cm³/mol. The molecule has 8 nitrogen and oxygen atoms in total. The summed E-state index contributed by atoms with van der Waals surface area (Å²) in [6, 6.07) is 3.25. The largest absolute Gasteiger partial charge is 0.508 e. The lowest BCUT2D eigenvalue weighted by Crippen LogP contribution is -2.25. The molecule has 0 bridgehead atoms. The van der Waals surface area contributed by atoms with E-state index >= 15 is 0 Å². The minimum absolute atomic E-state index is 0.204. The minimum Gasteiger partial charge on any atom is -0.508 e. The van der Waals surface area contributed by atoms with Gasteiger partial charge in [-0.2, -0.15) is 0 Å². The molecule has 0 atom stereocenters. The monoisotopic (exact) mass is 281 g/mol. The van der Waals surface area contributed by atoms with Crippen molar-refractivity contribution in [3.63, 3.8) is 0 Å². The number of phenols is 1. The summed E-state index contributed by atoms with van der Waals surface area (Å²) in [5.74, 6) is -1.29. The number of hydrogen-bond donors (Lipinski definition) is 3. The van der Waals surface area contributed by atoms with Gasteiger partial charge in [-0.25, -0.2) is 0 Å². The van der Waals surface area contributed by atoms with Gasteiger partial charge in [-0.1, -0.05) is 0 Å². The van der Waals surface area contributed by atoms with Crippen molar-refractivity contribution in [3.05, 3.63) is 33.9 Å². The molecule has 0 aromatic heterocycles. The van der Waals surface area contributed by atoms with E-state index in [0.717, 1.165) is 18.2 Å². The molecule has 0 saturated heterocycles. The van der Waals surface area contributed by atoms with Gasteiger partial charge >= 0.3 is 0 Å². The zero-order chi connectivity index (χ0) is 15.1. The number of unbranched alkanes of at least 4 members (excludes halogenated alkanes) is 1. The van der Waals surface area contributed by atoms with E-state index in [1.807, 2.05) is 0 Å². The highest BCUT2D eigenvalue weighted by molar-refractivity contribution is 5.98. The Labute approximate surface area is 114 Å². The molecule has 0 aliphatic carbocycles. The van der Waals surface area contributed by atoms with Gasteiger partial charge in [0.05, 0.1) is 4.92 Å². The SMILES string of the molecule is NC(=O)CCCCNC(=O)c1cc(O)ccc1[N+](=O)[O-]. The number of nitrogens with zero attached hydrogens (tertiary/aromatic N) is 1. The van der Waals surface area contributed by atoms with Gasteiger partial charge in [0.2, 0.25) is 5.91 Å². The molecule has 0 aliphatic rings. The summed E-state index contributed by atoms with van der Waals surface area (Å²) >= 11 is 0. The average Bonchev–Trinajstić information content (AvgIpc) is 2.37. The summed E-state index contributed by atoms with van der Waals surface area (Å²) in [6.07, 6.45) is 1.28. The number of nitro groups is 1. The predicted octanol–water partition coefficient (Wildman–Crippen LogP) is 0.686. The number of carbonyl (C=O) groups is 2. The van der Waals surface area contributed by atoms with Gasteiger partial charge in [0.1, 0.15) is 11.3 Å². The summed E-state index contributed by atoms with van der Waals surface area (Å²) in [6.45, 7) is 0.263. The van der Waals surface area contributed by atoms with Gasteiger partial charge < -0.3 is 16.2 Å². The molecule has 0 spiro atoms. The number of benzene rings is 1. The fraction of sp³-hybridized carbons (Fsp3) is 0.333. The van der Waals surface area contributed by atoms with Gasteiger partial charge in [0, 0.05) is 19.0 Å². The molecule has 0 fully saturated rings. The maximum Gasteiger partial charge on any atom is 0.282 e. The lowest BCUT2D eigenvalue weighted by atomic mass is 10.1. The lowest BCUT2D eigenvalue weighted by Gasteiger charge is -2.06. The number of nitro benzene ring substituents is 1. The van der Waals surface area contributed by atoms with Crippen LogP contribution in [0, 0.1) is 10.1 Å². The third-order valence-electron chi connectivity index (χ3n) is 2.56. The third-order valence-corrected chi connectivity index (χ3v) is 2.56. The molecule has 8 heteroatoms. The molecular formula is C12H15N3O5. The average molecular weight is 281 g/mol. The number of aromatic hydroxyl groups is 1. The van der Waals surface area contributed by atoms with Crippen LogP contribution in [0.4, 0.5) is 5.69 Å². The summed E-state index contributed by atoms with van der Waals surface area (Å²) in [5.41, 5.74) is 4.39. The molecule has 0 heterocycles. The first-order chi connectivity index (χ1) is 9.41. The van der Waals surface area contributed by atoms with Crippen LogP contribution in [0.3, 0.4) is 0 Å². The molecule has 0 unspecified atom stereocenters. The van der Waals surface area contributed by atoms with Crippen molar-refractivity contribution < 1.29 is 19.6 Å². The van der Waals surface area contributed by atoms with Crippen molar-refractivity contribution in [2.45, 2.75) is 19.3 Å². The smallest absolute Gasteiger partial charge is 0.282 e. The Balaban J connectivity index is 2.61. The van der Waals surface area contributed by atoms with Crippen LogP contribution in [0.15, 0.2) is 18.2 Å². The fourth-order valence-corrected chi connectivity index (χ4v) is 1.59. The van der Waals surface area contributed by atoms with Crippen LogP contribution in [0.25, 0.3) is 0 Å². The first-order valence-electron chi connectivity index (χ1n) is 5.95. The van der Waals surface area contributed by atoms with E-state index in [1.165, 1.54) is 0 Å². The second kappa shape index (κ2) is 7.07. The molecule has 2 amide bonds. The highest BCUT2D eigenvalue weighted by Crippen LogP contribution is 2.23. The second-order valence-electron chi connectivity index (χ2n) is 4.14. The van der Waals surface area contributed by atoms with Crippen LogP contribution in [0.1, 0.15) is 29.6 Å². The van der Waals surface area contributed by atoms with Crippen LogP contribution in [-0.2, 0) is 4.79 Å². The molecule has 1 aromatic rings. The lowest BCUT2D eigenvalue weighted by molar-refractivity contribution is -0.385. The van der Waals surface area contributed by atoms with Gasteiger partial charge in [0.25, 0.3) is 11.6 Å². The topological polar surface area (TPSA) is 136 Å². The Morgan fingerprint density at radius 3 is 2.65 bits per heavy atom. The van der Waals surface area contributed by atoms with E-state index in [4.69, 9.17) is 5.73 Å². The minimum atomic E-state index is -0.693. The molecule has 20 heavy (non-hydrogen) atoms. The molecule has 1 rings (SSSR count). The maximum absolute atomic E-state index is 11.8. The number of rotatable bonds is 7. The zero-order valence-corrected chi connectivity index (χ0v) is 10.7. The van der Waals surface area contributed by atoms with Gasteiger partial charge in [-0.3, -0.25) is 19.7 Å². The number of amides is 2. The maximum atomic E-state index is 11.8. The Kier molecular flexibility index (Phi) is 5.45. The van der Waals surface area contributed by atoms with E-state index in [0.29, 0.717) is 12.8 Å². The first-order valence-corrected chi connectivity index (χ1v) is 5.95. The summed E-state index contributed by atoms with van der Waals surface area (Å²) in [7, 11) is 0. The fourth-order valence-electron chi connectivity index (χ4n) is 1.59. The van der Waals surface area contributed by atoms with Crippen molar-refractivity contribution >= 4 is 17.5 Å². The van der Waals surface area contributed by atoms with Crippen LogP contribution in [0.5, 0.6) is 5.75 Å². The molecular weight excluding hydrogens is 266 g/mol. The van der Waals surface area contributed by atoms with Gasteiger partial charge in [-0.05, 0) is 25.0 Å². The Morgan fingerprint density at radius 2 is 2.05 bits per heavy atom. The van der Waals surface area contributed by atoms with E-state index in [-0.39, 0.29) is 30.0 Å². The summed E-state index contributed by atoms with van der Waals surface area (Å²) < 4.78 is 0. The van der Waals surface area contributed by atoms with E-state index in [1.54, 1.807) is 0 Å². The third kappa shape index (κ3) is 4.56. The van der Waals surface area contributed by atoms with Gasteiger partial charge in [-0.15, -0.1) is 0 Å². The van der Waals surface area contributed by atoms with Crippen LogP contribution in [-0.4, -0.2) is 28.4 Å². The van der Waals surface area contributed by atoms with E-state index < -0.39 is 16.7 Å². The molecule has 0 radical (unpaired) electrons. The Bertz CT molecular complexity index is 530. The number of primary amides is 1. The molecule has 108 valence electrons. The Hall–Kier alpha value is -2.64. The molecule has 0 saturated carbocycles. The van der Waals surface area contributed by atoms with Gasteiger partial charge in [0.15, 0.2) is 0 Å². The van der Waals surface area contributed by atoms with Crippen LogP contribution < -0.4 is 11.1 Å². The van der Waals surface area contributed by atoms with Crippen LogP contribution >= 0.6 is 0 Å². The quantitative estimate of drug-likeness (QED) is 0.383. The standard InChI is InChI=1S/C12H15N3O5/c13-11(17)3-1-2-6-14-12(18)9-7-8(16)4-5-10(9)15(19)20/h4-5,7,16H,1-3,6H2,(H2,13,17)(H,14,18). The highest BCUT2D eigenvalue weighted by Gasteiger charge is 2.20. The molecule has 4 N–H and O–H groups in total. The van der Waals surface area contributed by atoms with Crippen molar-refractivity contribution in [3.8, 4) is 5.75 Å². The number of carbonyl (C=O) groups excluding carboxylic acids is 2. The van der Waals surface area contributed by atoms with Crippen molar-refractivity contribution in [1.82, 2.24) is 5.32 Å². The molecule has 1 aromatic carbocycles. The number of phenolic OH excluding ortho intramolecular Hbond substituents is 1. The number of nitrogens with one attached hydrogen (secondary N) is 1. The highest BCUT2D eigenvalue weighted by atomic mass is 16.6. The number of hydrogen-bond acceptors (Lipinski definition) is 5. The van der Waals surface area contributed by atoms with Crippen molar-refractivity contribution in [1.29, 1.82) is 0 Å². The van der Waals surface area contributed by atoms with Crippen molar-refractivity contribution in [2.24, 2.45) is 5.73 Å². The zero-order valence-electron chi connectivity index (χ0n) is 10.7. The van der Waals surface area contributed by atoms with E-state index in [2.05, 4.69) is 5.32 Å². The Morgan fingerprint density at radius 1 is 1.35 bits per heavy atom. The van der Waals surface area contributed by atoms with Crippen molar-refractivity contribution in [2.75, 3.05) is 6.54 Å². The summed E-state index contributed by atoms with van der Waals surface area (Å²) in [4.78, 5) is 32.4. The summed E-state index contributed by atoms with van der Waals surface area (Å²) in [5, 5.41) is 22.6. The van der Waals surface area contributed by atoms with Crippen LogP contribution in [0.2, 0.25) is 0 Å².